The topological polar surface area (TPSA) is 123 Å². The molecule has 1 N–H and O–H groups in total. The molecule has 0 bridgehead atoms. The molecule has 0 amide bonds. The van der Waals surface area contributed by atoms with Crippen molar-refractivity contribution in [2.24, 2.45) is 5.92 Å². The molecule has 11 heteroatoms. The van der Waals surface area contributed by atoms with Crippen LogP contribution in [-0.4, -0.2) is 68.9 Å². The monoisotopic (exact) mass is 719 g/mol. The molecule has 4 rings (SSSR count). The van der Waals surface area contributed by atoms with Crippen LogP contribution in [0.25, 0.3) is 0 Å². The number of ether oxygens (including phenoxy) is 4. The van der Waals surface area contributed by atoms with Crippen molar-refractivity contribution in [2.75, 3.05) is 5.75 Å². The maximum Gasteiger partial charge on any atom is 0.338 e. The van der Waals surface area contributed by atoms with Crippen molar-refractivity contribution >= 4 is 41.0 Å². The van der Waals surface area contributed by atoms with E-state index in [2.05, 4.69) is 17.9 Å². The zero-order chi connectivity index (χ0) is 36.3. The number of allylic oxidation sites excluding steroid dienone is 1. The van der Waals surface area contributed by atoms with Crippen LogP contribution in [0.15, 0.2) is 116 Å². The van der Waals surface area contributed by atoms with E-state index in [0.717, 1.165) is 0 Å². The van der Waals surface area contributed by atoms with Crippen molar-refractivity contribution in [2.45, 2.75) is 74.8 Å². The highest BCUT2D eigenvalue weighted by atomic mass is 32.2. The number of rotatable bonds is 15. The van der Waals surface area contributed by atoms with Crippen LogP contribution in [0.4, 0.5) is 0 Å². The van der Waals surface area contributed by atoms with Crippen LogP contribution in [0.5, 0.6) is 0 Å². The average Bonchev–Trinajstić information content (AvgIpc) is 3.12. The summed E-state index contributed by atoms with van der Waals surface area (Å²) < 4.78 is 41.6. The number of thioether (sulfide) groups is 1. The first kappa shape index (κ1) is 38.9. The van der Waals surface area contributed by atoms with Gasteiger partial charge in [0.1, 0.15) is 16.3 Å². The predicted octanol–water partition coefficient (Wildman–Crippen LogP) is 6.94. The first-order valence-corrected chi connectivity index (χ1v) is 18.6. The molecule has 1 aliphatic rings. The number of carbonyl (C=O) groups is 3. The lowest BCUT2D eigenvalue weighted by molar-refractivity contribution is -0.207. The molecule has 0 aromatic heterocycles. The summed E-state index contributed by atoms with van der Waals surface area (Å²) in [6.45, 7) is 15.2. The van der Waals surface area contributed by atoms with Crippen molar-refractivity contribution in [3.8, 4) is 0 Å². The third-order valence-corrected chi connectivity index (χ3v) is 10.8. The molecular formula is C39H45NO8S2. The second-order valence-electron chi connectivity index (χ2n) is 12.7. The summed E-state index contributed by atoms with van der Waals surface area (Å²) in [5.74, 6) is -1.96. The highest BCUT2D eigenvalue weighted by Gasteiger charge is 2.56. The van der Waals surface area contributed by atoms with Gasteiger partial charge in [-0.2, -0.15) is 0 Å². The highest BCUT2D eigenvalue weighted by Crippen LogP contribution is 2.38. The zero-order valence-corrected chi connectivity index (χ0v) is 30.4. The molecule has 1 saturated heterocycles. The average molecular weight is 720 g/mol. The van der Waals surface area contributed by atoms with Crippen molar-refractivity contribution < 1.29 is 37.9 Å². The molecule has 1 aliphatic heterocycles. The molecule has 266 valence electrons. The maximum atomic E-state index is 13.8. The van der Waals surface area contributed by atoms with Gasteiger partial charge in [-0.3, -0.25) is 0 Å². The number of nitrogens with one attached hydrogen (secondary N) is 1. The van der Waals surface area contributed by atoms with E-state index in [9.17, 15) is 18.9 Å². The highest BCUT2D eigenvalue weighted by molar-refractivity contribution is 7.99. The summed E-state index contributed by atoms with van der Waals surface area (Å²) in [6.07, 6.45) is -0.931. The van der Waals surface area contributed by atoms with Gasteiger partial charge < -0.3 is 23.5 Å². The van der Waals surface area contributed by atoms with Crippen LogP contribution >= 0.6 is 11.8 Å². The van der Waals surface area contributed by atoms with E-state index in [0.29, 0.717) is 12.2 Å². The Bertz CT molecular complexity index is 1570. The quantitative estimate of drug-likeness (QED) is 0.0581. The van der Waals surface area contributed by atoms with Gasteiger partial charge in [-0.1, -0.05) is 73.7 Å². The van der Waals surface area contributed by atoms with Crippen LogP contribution in [0.2, 0.25) is 0 Å². The van der Waals surface area contributed by atoms with E-state index in [1.807, 2.05) is 27.7 Å². The number of carbonyl (C=O) groups excluding carboxylic acids is 3. The standard InChI is InChI=1S/C39H45NO8S2/c1-7-9-25-49-38-34(47-37(43)29-23-17-12-18-24-29)33(46-36(42)28-21-15-11-16-22-28)32(45-35(41)27-19-13-10-14-20-27)31(48-38)30(26(3)8-2)40-50(44)39(4,5)6/h7-8,10-24,26,30-34,38,40H,1-2,9,25H2,3-6H3/t26-,30+,31?,32?,33?,34?,38?,50+/m0/s1. The summed E-state index contributed by atoms with van der Waals surface area (Å²) in [6, 6.07) is 24.4. The van der Waals surface area contributed by atoms with E-state index in [4.69, 9.17) is 18.9 Å². The molecule has 9 nitrogen and oxygen atoms in total. The second kappa shape index (κ2) is 18.4. The Labute approximate surface area is 302 Å². The number of benzene rings is 3. The molecule has 3 aromatic carbocycles. The Morgan fingerprint density at radius 3 is 1.68 bits per heavy atom. The molecule has 0 radical (unpaired) electrons. The summed E-state index contributed by atoms with van der Waals surface area (Å²) in [4.78, 5) is 41.3. The van der Waals surface area contributed by atoms with Crippen LogP contribution < -0.4 is 4.72 Å². The van der Waals surface area contributed by atoms with Gasteiger partial charge in [-0.05, 0) is 75.3 Å². The van der Waals surface area contributed by atoms with Crippen LogP contribution in [0.3, 0.4) is 0 Å². The lowest BCUT2D eigenvalue weighted by Crippen LogP contribution is -2.67. The van der Waals surface area contributed by atoms with Gasteiger partial charge in [0, 0.05) is 11.4 Å². The predicted molar refractivity (Wildman–Crippen MR) is 197 cm³/mol. The zero-order valence-electron chi connectivity index (χ0n) is 28.8. The van der Waals surface area contributed by atoms with Crippen molar-refractivity contribution in [1.29, 1.82) is 0 Å². The molecule has 1 heterocycles. The Morgan fingerprint density at radius 1 is 0.820 bits per heavy atom. The minimum absolute atomic E-state index is 0.246. The van der Waals surface area contributed by atoms with Crippen LogP contribution in [0.1, 0.15) is 65.2 Å². The molecule has 50 heavy (non-hydrogen) atoms. The third kappa shape index (κ3) is 10.3. The van der Waals surface area contributed by atoms with Gasteiger partial charge >= 0.3 is 17.9 Å². The Hall–Kier alpha value is -3.87. The van der Waals surface area contributed by atoms with Crippen molar-refractivity contribution in [3.05, 3.63) is 133 Å². The van der Waals surface area contributed by atoms with E-state index >= 15 is 0 Å². The molecule has 1 fully saturated rings. The number of hydrogen-bond donors (Lipinski definition) is 1. The molecular weight excluding hydrogens is 675 g/mol. The number of hydrogen-bond acceptors (Lipinski definition) is 10. The fourth-order valence-corrected chi connectivity index (χ4v) is 7.23. The van der Waals surface area contributed by atoms with E-state index < -0.39 is 69.9 Å². The smallest absolute Gasteiger partial charge is 0.338 e. The third-order valence-electron chi connectivity index (χ3n) is 7.98. The van der Waals surface area contributed by atoms with Gasteiger partial charge in [0.25, 0.3) is 0 Å². The van der Waals surface area contributed by atoms with E-state index in [1.54, 1.807) is 103 Å². The summed E-state index contributed by atoms with van der Waals surface area (Å²) in [5, 5.41) is 0. The van der Waals surface area contributed by atoms with E-state index in [-0.39, 0.29) is 22.6 Å². The maximum absolute atomic E-state index is 13.8. The van der Waals surface area contributed by atoms with Gasteiger partial charge in [0.15, 0.2) is 18.3 Å². The first-order chi connectivity index (χ1) is 23.9. The largest absolute Gasteiger partial charge is 0.598 e. The number of esters is 3. The van der Waals surface area contributed by atoms with Crippen LogP contribution in [0, 0.1) is 5.92 Å². The Kier molecular flexibility index (Phi) is 14.3. The summed E-state index contributed by atoms with van der Waals surface area (Å²) >= 11 is -0.255. The fourth-order valence-electron chi connectivity index (χ4n) is 5.14. The van der Waals surface area contributed by atoms with Gasteiger partial charge in [0.2, 0.25) is 0 Å². The minimum Gasteiger partial charge on any atom is -0.598 e. The molecule has 3 aromatic rings. The normalized spacial score (nSPS) is 22.3. The SMILES string of the molecule is C=CCCSC1OC([C@H](N[S@+]([O-])C(C)(C)C)[C@@H](C)C=C)C(OC(=O)c2ccccc2)C(OC(=O)c2ccccc2)C1OC(=O)c1ccccc1. The van der Waals surface area contributed by atoms with Gasteiger partial charge in [-0.15, -0.1) is 29.6 Å². The summed E-state index contributed by atoms with van der Waals surface area (Å²) in [5.41, 5.74) is -0.136. The molecule has 5 unspecified atom stereocenters. The van der Waals surface area contributed by atoms with Crippen LogP contribution in [-0.2, 0) is 30.3 Å². The van der Waals surface area contributed by atoms with Gasteiger partial charge in [0.05, 0.1) is 22.7 Å². The Balaban J connectivity index is 1.88. The lowest BCUT2D eigenvalue weighted by Gasteiger charge is -2.47. The fraction of sp³-hybridized carbons (Fsp3) is 0.359. The minimum atomic E-state index is -1.60. The molecule has 0 spiro atoms. The van der Waals surface area contributed by atoms with E-state index in [1.165, 1.54) is 11.8 Å². The molecule has 0 saturated carbocycles. The van der Waals surface area contributed by atoms with Crippen molar-refractivity contribution in [1.82, 2.24) is 4.72 Å². The second-order valence-corrected chi connectivity index (χ2v) is 15.9. The molecule has 8 atom stereocenters. The van der Waals surface area contributed by atoms with Gasteiger partial charge in [-0.25, -0.2) is 14.4 Å². The summed E-state index contributed by atoms with van der Waals surface area (Å²) in [7, 11) is 0. The van der Waals surface area contributed by atoms with Crippen molar-refractivity contribution in [3.63, 3.8) is 0 Å². The lowest BCUT2D eigenvalue weighted by atomic mass is 9.88. The Morgan fingerprint density at radius 2 is 1.26 bits per heavy atom. The molecule has 0 aliphatic carbocycles. The first-order valence-electron chi connectivity index (χ1n) is 16.4.